The summed E-state index contributed by atoms with van der Waals surface area (Å²) in [5.74, 6) is -1.62. The predicted molar refractivity (Wildman–Crippen MR) is 58.4 cm³/mol. The molecule has 0 spiro atoms. The van der Waals surface area contributed by atoms with E-state index in [-0.39, 0.29) is 6.42 Å². The molecule has 1 amide bonds. The first-order valence-corrected chi connectivity index (χ1v) is 5.20. The van der Waals surface area contributed by atoms with Crippen molar-refractivity contribution in [1.29, 1.82) is 0 Å². The van der Waals surface area contributed by atoms with Crippen LogP contribution in [0.1, 0.15) is 5.56 Å². The summed E-state index contributed by atoms with van der Waals surface area (Å²) >= 11 is 2.99. The second-order valence-electron chi connectivity index (χ2n) is 3.13. The van der Waals surface area contributed by atoms with E-state index in [1.807, 2.05) is 0 Å². The molecule has 1 unspecified atom stereocenters. The molecular formula is C10H9BrFNO3. The lowest BCUT2D eigenvalue weighted by Gasteiger charge is -2.11. The minimum atomic E-state index is -1.16. The molecule has 0 fully saturated rings. The third-order valence-corrected chi connectivity index (χ3v) is 2.63. The van der Waals surface area contributed by atoms with Crippen LogP contribution in [-0.2, 0) is 16.0 Å². The van der Waals surface area contributed by atoms with Gasteiger partial charge in [-0.05, 0) is 33.6 Å². The number of amides is 1. The van der Waals surface area contributed by atoms with Crippen molar-refractivity contribution >= 4 is 28.3 Å². The zero-order valence-electron chi connectivity index (χ0n) is 8.11. The van der Waals surface area contributed by atoms with Crippen molar-refractivity contribution in [2.45, 2.75) is 12.5 Å². The molecular weight excluding hydrogens is 281 g/mol. The van der Waals surface area contributed by atoms with Crippen LogP contribution in [0.4, 0.5) is 4.39 Å². The Kier molecular flexibility index (Phi) is 4.42. The number of rotatable bonds is 5. The van der Waals surface area contributed by atoms with E-state index in [2.05, 4.69) is 21.2 Å². The standard InChI is InChI=1S/C10H9BrFNO3/c11-7-2-1-6(3-8(7)12)4-9(10(15)16)13-5-14/h1-3,5,9H,4H2,(H,13,14)(H,15,16). The van der Waals surface area contributed by atoms with Crippen LogP contribution in [0, 0.1) is 5.82 Å². The molecule has 0 radical (unpaired) electrons. The molecule has 0 saturated carbocycles. The molecule has 0 aliphatic rings. The smallest absolute Gasteiger partial charge is 0.326 e. The van der Waals surface area contributed by atoms with Crippen LogP contribution < -0.4 is 5.32 Å². The van der Waals surface area contributed by atoms with Crippen molar-refractivity contribution in [2.75, 3.05) is 0 Å². The summed E-state index contributed by atoms with van der Waals surface area (Å²) in [6.45, 7) is 0. The maximum Gasteiger partial charge on any atom is 0.326 e. The average molecular weight is 290 g/mol. The number of carboxylic acids is 1. The topological polar surface area (TPSA) is 66.4 Å². The third kappa shape index (κ3) is 3.30. The Morgan fingerprint density at radius 2 is 2.31 bits per heavy atom. The van der Waals surface area contributed by atoms with Crippen molar-refractivity contribution < 1.29 is 19.1 Å². The fourth-order valence-electron chi connectivity index (χ4n) is 1.20. The van der Waals surface area contributed by atoms with Crippen LogP contribution in [0.15, 0.2) is 22.7 Å². The summed E-state index contributed by atoms with van der Waals surface area (Å²) in [5, 5.41) is 10.9. The first-order valence-electron chi connectivity index (χ1n) is 4.41. The molecule has 0 aliphatic carbocycles. The van der Waals surface area contributed by atoms with E-state index in [0.717, 1.165) is 0 Å². The quantitative estimate of drug-likeness (QED) is 0.804. The van der Waals surface area contributed by atoms with Crippen molar-refractivity contribution in [3.05, 3.63) is 34.1 Å². The Morgan fingerprint density at radius 3 is 2.81 bits per heavy atom. The first-order chi connectivity index (χ1) is 7.54. The second kappa shape index (κ2) is 5.60. The Hall–Kier alpha value is -1.43. The summed E-state index contributed by atoms with van der Waals surface area (Å²) in [4.78, 5) is 20.9. The van der Waals surface area contributed by atoms with Gasteiger partial charge in [0.05, 0.1) is 4.47 Å². The van der Waals surface area contributed by atoms with Crippen LogP contribution in [0.5, 0.6) is 0 Å². The van der Waals surface area contributed by atoms with Gasteiger partial charge in [0, 0.05) is 6.42 Å². The maximum atomic E-state index is 13.1. The number of nitrogens with one attached hydrogen (secondary N) is 1. The van der Waals surface area contributed by atoms with Gasteiger partial charge in [0.1, 0.15) is 11.9 Å². The molecule has 1 aromatic rings. The van der Waals surface area contributed by atoms with E-state index in [0.29, 0.717) is 16.4 Å². The minimum Gasteiger partial charge on any atom is -0.480 e. The van der Waals surface area contributed by atoms with Crippen molar-refractivity contribution in [3.63, 3.8) is 0 Å². The number of halogens is 2. The highest BCUT2D eigenvalue weighted by Gasteiger charge is 2.17. The van der Waals surface area contributed by atoms with Gasteiger partial charge >= 0.3 is 5.97 Å². The van der Waals surface area contributed by atoms with Crippen LogP contribution in [-0.4, -0.2) is 23.5 Å². The van der Waals surface area contributed by atoms with Crippen LogP contribution in [0.3, 0.4) is 0 Å². The van der Waals surface area contributed by atoms with E-state index in [4.69, 9.17) is 5.11 Å². The van der Waals surface area contributed by atoms with Gasteiger partial charge in [-0.25, -0.2) is 9.18 Å². The highest BCUT2D eigenvalue weighted by Crippen LogP contribution is 2.17. The second-order valence-corrected chi connectivity index (χ2v) is 3.98. The first kappa shape index (κ1) is 12.6. The molecule has 4 nitrogen and oxygen atoms in total. The lowest BCUT2D eigenvalue weighted by Crippen LogP contribution is -2.37. The average Bonchev–Trinajstić information content (AvgIpc) is 2.22. The van der Waals surface area contributed by atoms with Gasteiger partial charge in [-0.3, -0.25) is 4.79 Å². The molecule has 0 aliphatic heterocycles. The molecule has 1 atom stereocenters. The Bertz CT molecular complexity index is 411. The van der Waals surface area contributed by atoms with E-state index < -0.39 is 17.8 Å². The van der Waals surface area contributed by atoms with E-state index >= 15 is 0 Å². The normalized spacial score (nSPS) is 11.9. The van der Waals surface area contributed by atoms with Crippen molar-refractivity contribution in [3.8, 4) is 0 Å². The SMILES string of the molecule is O=CNC(Cc1ccc(Br)c(F)c1)C(=O)O. The van der Waals surface area contributed by atoms with Gasteiger partial charge in [-0.2, -0.15) is 0 Å². The van der Waals surface area contributed by atoms with E-state index in [1.54, 1.807) is 6.07 Å². The van der Waals surface area contributed by atoms with Crippen molar-refractivity contribution in [2.24, 2.45) is 0 Å². The fraction of sp³-hybridized carbons (Fsp3) is 0.200. The molecule has 0 heterocycles. The largest absolute Gasteiger partial charge is 0.480 e. The number of hydrogen-bond acceptors (Lipinski definition) is 2. The van der Waals surface area contributed by atoms with Gasteiger partial charge in [0.2, 0.25) is 6.41 Å². The summed E-state index contributed by atoms with van der Waals surface area (Å²) < 4.78 is 13.4. The zero-order chi connectivity index (χ0) is 12.1. The minimum absolute atomic E-state index is 0.0400. The highest BCUT2D eigenvalue weighted by atomic mass is 79.9. The van der Waals surface area contributed by atoms with Crippen LogP contribution in [0.2, 0.25) is 0 Å². The molecule has 0 saturated heterocycles. The Morgan fingerprint density at radius 1 is 1.62 bits per heavy atom. The molecule has 16 heavy (non-hydrogen) atoms. The Balaban J connectivity index is 2.81. The number of hydrogen-bond donors (Lipinski definition) is 2. The molecule has 1 rings (SSSR count). The monoisotopic (exact) mass is 289 g/mol. The summed E-state index contributed by atoms with van der Waals surface area (Å²) in [6.07, 6.45) is 0.353. The maximum absolute atomic E-state index is 13.1. The summed E-state index contributed by atoms with van der Waals surface area (Å²) in [7, 11) is 0. The zero-order valence-corrected chi connectivity index (χ0v) is 9.70. The lowest BCUT2D eigenvalue weighted by molar-refractivity contribution is -0.140. The molecule has 86 valence electrons. The third-order valence-electron chi connectivity index (χ3n) is 1.99. The van der Waals surface area contributed by atoms with Gasteiger partial charge in [-0.1, -0.05) is 6.07 Å². The van der Waals surface area contributed by atoms with Crippen LogP contribution in [0.25, 0.3) is 0 Å². The lowest BCUT2D eigenvalue weighted by atomic mass is 10.1. The Labute approximate surface area is 99.6 Å². The van der Waals surface area contributed by atoms with Gasteiger partial charge in [-0.15, -0.1) is 0 Å². The number of carbonyl (C=O) groups excluding carboxylic acids is 1. The van der Waals surface area contributed by atoms with Crippen molar-refractivity contribution in [1.82, 2.24) is 5.32 Å². The van der Waals surface area contributed by atoms with Gasteiger partial charge in [0.15, 0.2) is 0 Å². The number of carbonyl (C=O) groups is 2. The highest BCUT2D eigenvalue weighted by molar-refractivity contribution is 9.10. The summed E-state index contributed by atoms with van der Waals surface area (Å²) in [5.41, 5.74) is 0.502. The number of carboxylic acid groups (broad SMARTS) is 1. The number of aliphatic carboxylic acids is 1. The molecule has 0 bridgehead atoms. The molecule has 1 aromatic carbocycles. The number of benzene rings is 1. The molecule has 0 aromatic heterocycles. The van der Waals surface area contributed by atoms with Gasteiger partial charge in [0.25, 0.3) is 0 Å². The predicted octanol–water partition coefficient (Wildman–Crippen LogP) is 1.33. The van der Waals surface area contributed by atoms with E-state index in [9.17, 15) is 14.0 Å². The van der Waals surface area contributed by atoms with Gasteiger partial charge < -0.3 is 10.4 Å². The molecule has 6 heteroatoms. The van der Waals surface area contributed by atoms with Crippen LogP contribution >= 0.6 is 15.9 Å². The van der Waals surface area contributed by atoms with E-state index in [1.165, 1.54) is 12.1 Å². The molecule has 2 N–H and O–H groups in total. The summed E-state index contributed by atoms with van der Waals surface area (Å²) in [6, 6.07) is 3.27. The fourth-order valence-corrected chi connectivity index (χ4v) is 1.45.